The minimum absolute atomic E-state index is 0.162. The molecule has 1 N–H and O–H groups in total. The third-order valence-corrected chi connectivity index (χ3v) is 1.98. The molecule has 0 aliphatic rings. The fraction of sp³-hybridized carbons (Fsp3) is 0.875. The lowest BCUT2D eigenvalue weighted by molar-refractivity contribution is -0.144. The third-order valence-electron chi connectivity index (χ3n) is 1.98. The van der Waals surface area contributed by atoms with Crippen molar-refractivity contribution in [3.05, 3.63) is 0 Å². The predicted molar refractivity (Wildman–Crippen MR) is 44.3 cm³/mol. The van der Waals surface area contributed by atoms with Crippen LogP contribution in [-0.2, 0) is 9.53 Å². The highest BCUT2D eigenvalue weighted by Crippen LogP contribution is 2.07. The number of ether oxygens (including phenoxy) is 1. The Morgan fingerprint density at radius 3 is 2.45 bits per heavy atom. The van der Waals surface area contributed by atoms with E-state index in [-0.39, 0.29) is 12.0 Å². The summed E-state index contributed by atoms with van der Waals surface area (Å²) >= 11 is 0. The Balaban J connectivity index is 4.03. The molecule has 11 heavy (non-hydrogen) atoms. The van der Waals surface area contributed by atoms with E-state index in [1.54, 1.807) is 7.05 Å². The van der Waals surface area contributed by atoms with Crippen LogP contribution in [-0.4, -0.2) is 26.2 Å². The summed E-state index contributed by atoms with van der Waals surface area (Å²) in [6, 6.07) is -0.162. The summed E-state index contributed by atoms with van der Waals surface area (Å²) in [5, 5.41) is 2.93. The van der Waals surface area contributed by atoms with Gasteiger partial charge < -0.3 is 10.1 Å². The maximum Gasteiger partial charge on any atom is 0.323 e. The standard InChI is InChI=1S/C8H17NO2/c1-5-6(2)7(9-3)8(10)11-4/h6-7,9H,5H2,1-4H3/t6-,7+/m1/s1. The summed E-state index contributed by atoms with van der Waals surface area (Å²) in [4.78, 5) is 11.1. The Labute approximate surface area is 68.1 Å². The normalized spacial score (nSPS) is 15.6. The molecular formula is C8H17NO2. The first-order valence-electron chi connectivity index (χ1n) is 3.92. The van der Waals surface area contributed by atoms with Crippen LogP contribution >= 0.6 is 0 Å². The average molecular weight is 159 g/mol. The van der Waals surface area contributed by atoms with E-state index < -0.39 is 0 Å². The fourth-order valence-corrected chi connectivity index (χ4v) is 0.997. The van der Waals surface area contributed by atoms with Crippen molar-refractivity contribution < 1.29 is 9.53 Å². The van der Waals surface area contributed by atoms with Crippen LogP contribution in [0.2, 0.25) is 0 Å². The lowest BCUT2D eigenvalue weighted by Crippen LogP contribution is -2.40. The summed E-state index contributed by atoms with van der Waals surface area (Å²) < 4.78 is 4.62. The number of carbonyl (C=O) groups excluding carboxylic acids is 1. The van der Waals surface area contributed by atoms with Gasteiger partial charge in [-0.2, -0.15) is 0 Å². The molecule has 0 aromatic heterocycles. The largest absolute Gasteiger partial charge is 0.468 e. The summed E-state index contributed by atoms with van der Waals surface area (Å²) in [5.41, 5.74) is 0. The van der Waals surface area contributed by atoms with Crippen molar-refractivity contribution >= 4 is 5.97 Å². The minimum Gasteiger partial charge on any atom is -0.468 e. The van der Waals surface area contributed by atoms with E-state index in [1.165, 1.54) is 7.11 Å². The van der Waals surface area contributed by atoms with Gasteiger partial charge in [-0.3, -0.25) is 4.79 Å². The van der Waals surface area contributed by atoms with Crippen LogP contribution in [0.15, 0.2) is 0 Å². The molecule has 0 aromatic carbocycles. The first-order valence-corrected chi connectivity index (χ1v) is 3.92. The third kappa shape index (κ3) is 2.89. The van der Waals surface area contributed by atoms with Crippen molar-refractivity contribution in [3.63, 3.8) is 0 Å². The maximum absolute atomic E-state index is 11.1. The number of carbonyl (C=O) groups is 1. The van der Waals surface area contributed by atoms with Gasteiger partial charge in [-0.25, -0.2) is 0 Å². The van der Waals surface area contributed by atoms with Crippen LogP contribution in [0, 0.1) is 5.92 Å². The van der Waals surface area contributed by atoms with Gasteiger partial charge in [0.2, 0.25) is 0 Å². The molecule has 0 saturated carbocycles. The molecule has 0 spiro atoms. The van der Waals surface area contributed by atoms with Crippen LogP contribution in [0.4, 0.5) is 0 Å². The molecule has 2 atom stereocenters. The number of nitrogens with one attached hydrogen (secondary N) is 1. The number of hydrogen-bond donors (Lipinski definition) is 1. The summed E-state index contributed by atoms with van der Waals surface area (Å²) in [6.07, 6.45) is 0.973. The van der Waals surface area contributed by atoms with Gasteiger partial charge >= 0.3 is 5.97 Å². The molecule has 0 aliphatic carbocycles. The molecule has 0 saturated heterocycles. The molecule has 0 aliphatic heterocycles. The zero-order valence-electron chi connectivity index (χ0n) is 7.68. The van der Waals surface area contributed by atoms with E-state index in [0.717, 1.165) is 6.42 Å². The molecule has 0 fully saturated rings. The smallest absolute Gasteiger partial charge is 0.323 e. The van der Waals surface area contributed by atoms with Gasteiger partial charge in [0.1, 0.15) is 6.04 Å². The molecular weight excluding hydrogens is 142 g/mol. The van der Waals surface area contributed by atoms with E-state index in [2.05, 4.69) is 17.0 Å². The lowest BCUT2D eigenvalue weighted by atomic mass is 10.00. The Morgan fingerprint density at radius 2 is 2.18 bits per heavy atom. The number of esters is 1. The van der Waals surface area contributed by atoms with Gasteiger partial charge in [0.05, 0.1) is 7.11 Å². The Hall–Kier alpha value is -0.570. The molecule has 3 heteroatoms. The second kappa shape index (κ2) is 5.13. The molecule has 0 rings (SSSR count). The average Bonchev–Trinajstić information content (AvgIpc) is 2.05. The Morgan fingerprint density at radius 1 is 1.64 bits per heavy atom. The van der Waals surface area contributed by atoms with Gasteiger partial charge in [-0.15, -0.1) is 0 Å². The predicted octanol–water partition coefficient (Wildman–Crippen LogP) is 0.793. The second-order valence-corrected chi connectivity index (χ2v) is 2.68. The van der Waals surface area contributed by atoms with E-state index in [1.807, 2.05) is 6.92 Å². The quantitative estimate of drug-likeness (QED) is 0.616. The second-order valence-electron chi connectivity index (χ2n) is 2.68. The highest BCUT2D eigenvalue weighted by atomic mass is 16.5. The van der Waals surface area contributed by atoms with Gasteiger partial charge in [-0.1, -0.05) is 20.3 Å². The molecule has 0 amide bonds. The van der Waals surface area contributed by atoms with Crippen LogP contribution in [0.5, 0.6) is 0 Å². The summed E-state index contributed by atoms with van der Waals surface area (Å²) in [7, 11) is 3.18. The van der Waals surface area contributed by atoms with E-state index in [4.69, 9.17) is 0 Å². The summed E-state index contributed by atoms with van der Waals surface area (Å²) in [6.45, 7) is 4.08. The van der Waals surface area contributed by atoms with Gasteiger partial charge in [-0.05, 0) is 13.0 Å². The van der Waals surface area contributed by atoms with Crippen LogP contribution in [0.25, 0.3) is 0 Å². The number of hydrogen-bond acceptors (Lipinski definition) is 3. The number of methoxy groups -OCH3 is 1. The molecule has 0 unspecified atom stereocenters. The number of rotatable bonds is 4. The van der Waals surface area contributed by atoms with Crippen molar-refractivity contribution in [2.45, 2.75) is 26.3 Å². The van der Waals surface area contributed by atoms with Gasteiger partial charge in [0, 0.05) is 0 Å². The van der Waals surface area contributed by atoms with Crippen molar-refractivity contribution in [2.75, 3.05) is 14.2 Å². The SMILES string of the molecule is CC[C@@H](C)[C@H](NC)C(=O)OC. The zero-order chi connectivity index (χ0) is 8.85. The first-order chi connectivity index (χ1) is 5.17. The van der Waals surface area contributed by atoms with Crippen LogP contribution < -0.4 is 5.32 Å². The molecule has 0 bridgehead atoms. The maximum atomic E-state index is 11.1. The van der Waals surface area contributed by atoms with E-state index >= 15 is 0 Å². The molecule has 0 radical (unpaired) electrons. The Kier molecular flexibility index (Phi) is 4.86. The summed E-state index contributed by atoms with van der Waals surface area (Å²) in [5.74, 6) is 0.148. The lowest BCUT2D eigenvalue weighted by Gasteiger charge is -2.19. The Bertz CT molecular complexity index is 125. The monoisotopic (exact) mass is 159 g/mol. The van der Waals surface area contributed by atoms with Crippen molar-refractivity contribution in [3.8, 4) is 0 Å². The fourth-order valence-electron chi connectivity index (χ4n) is 0.997. The topological polar surface area (TPSA) is 38.3 Å². The zero-order valence-corrected chi connectivity index (χ0v) is 7.68. The molecule has 3 nitrogen and oxygen atoms in total. The van der Waals surface area contributed by atoms with Gasteiger partial charge in [0.25, 0.3) is 0 Å². The number of likely N-dealkylation sites (N-methyl/N-ethyl adjacent to an activating group) is 1. The van der Waals surface area contributed by atoms with Gasteiger partial charge in [0.15, 0.2) is 0 Å². The van der Waals surface area contributed by atoms with Crippen molar-refractivity contribution in [1.29, 1.82) is 0 Å². The van der Waals surface area contributed by atoms with Crippen LogP contribution in [0.1, 0.15) is 20.3 Å². The van der Waals surface area contributed by atoms with Crippen LogP contribution in [0.3, 0.4) is 0 Å². The molecule has 0 aromatic rings. The van der Waals surface area contributed by atoms with Crippen molar-refractivity contribution in [1.82, 2.24) is 5.32 Å². The van der Waals surface area contributed by atoms with E-state index in [9.17, 15) is 4.79 Å². The first kappa shape index (κ1) is 10.4. The van der Waals surface area contributed by atoms with Crippen molar-refractivity contribution in [2.24, 2.45) is 5.92 Å². The minimum atomic E-state index is -0.179. The highest BCUT2D eigenvalue weighted by molar-refractivity contribution is 5.75. The highest BCUT2D eigenvalue weighted by Gasteiger charge is 2.22. The molecule has 0 heterocycles. The van der Waals surface area contributed by atoms with E-state index in [0.29, 0.717) is 5.92 Å². The molecule has 66 valence electrons.